The van der Waals surface area contributed by atoms with Crippen molar-refractivity contribution in [1.29, 1.82) is 0 Å². The van der Waals surface area contributed by atoms with Crippen LogP contribution < -0.4 is 4.74 Å². The minimum absolute atomic E-state index is 0.00402. The number of esters is 3. The normalized spacial score (nSPS) is 14.3. The van der Waals surface area contributed by atoms with E-state index >= 15 is 4.39 Å². The molecule has 2 aromatic rings. The number of carbonyl (C=O) groups excluding carboxylic acids is 5. The molecule has 0 saturated heterocycles. The van der Waals surface area contributed by atoms with Gasteiger partial charge in [0.05, 0.1) is 0 Å². The van der Waals surface area contributed by atoms with Gasteiger partial charge in [-0.05, 0) is 76.6 Å². The number of alkyl halides is 4. The summed E-state index contributed by atoms with van der Waals surface area (Å²) in [6.45, 7) is 13.7. The lowest BCUT2D eigenvalue weighted by Gasteiger charge is -2.35. The Morgan fingerprint density at radius 2 is 1.21 bits per heavy atom. The van der Waals surface area contributed by atoms with Gasteiger partial charge >= 0.3 is 30.4 Å². The number of hydrogen-bond donors (Lipinski definition) is 0. The van der Waals surface area contributed by atoms with Crippen molar-refractivity contribution in [3.05, 3.63) is 65.7 Å². The Kier molecular flexibility index (Phi) is 16.3. The number of nitrogens with zero attached hydrogens (tertiary/aromatic N) is 2. The van der Waals surface area contributed by atoms with E-state index in [2.05, 4.69) is 4.74 Å². The largest absolute Gasteiger partial charge is 0.573 e. The summed E-state index contributed by atoms with van der Waals surface area (Å²) >= 11 is 0. The fourth-order valence-corrected chi connectivity index (χ4v) is 5.22. The average Bonchev–Trinajstić information content (AvgIpc) is 3.06. The van der Waals surface area contributed by atoms with Crippen LogP contribution in [0.15, 0.2) is 54.6 Å². The molecule has 4 atom stereocenters. The highest BCUT2D eigenvalue weighted by atomic mass is 19.4. The predicted molar refractivity (Wildman–Crippen MR) is 197 cm³/mol. The molecule has 2 amide bonds. The van der Waals surface area contributed by atoms with Gasteiger partial charge in [0.2, 0.25) is 0 Å². The summed E-state index contributed by atoms with van der Waals surface area (Å²) in [5.41, 5.74) is -2.70. The van der Waals surface area contributed by atoms with Crippen molar-refractivity contribution in [3.8, 4) is 5.75 Å². The number of halogens is 4. The Morgan fingerprint density at radius 3 is 1.71 bits per heavy atom. The maximum Gasteiger partial charge on any atom is 0.573 e. The molecule has 0 fully saturated rings. The van der Waals surface area contributed by atoms with Crippen LogP contribution in [0.25, 0.3) is 0 Å². The summed E-state index contributed by atoms with van der Waals surface area (Å²) in [6.07, 6.45) is -10.1. The van der Waals surface area contributed by atoms with Crippen molar-refractivity contribution in [2.24, 2.45) is 5.41 Å². The minimum atomic E-state index is -4.97. The highest BCUT2D eigenvalue weighted by Crippen LogP contribution is 2.28. The van der Waals surface area contributed by atoms with Gasteiger partial charge in [0.25, 0.3) is 5.91 Å². The molecular formula is C40H54F4N2O10. The monoisotopic (exact) mass is 798 g/mol. The second-order valence-corrected chi connectivity index (χ2v) is 16.3. The minimum Gasteiger partial charge on any atom is -0.458 e. The summed E-state index contributed by atoms with van der Waals surface area (Å²) in [5.74, 6) is -4.51. The molecule has 312 valence electrons. The molecule has 0 radical (unpaired) electrons. The summed E-state index contributed by atoms with van der Waals surface area (Å²) in [5, 5.41) is 0. The molecule has 16 heteroatoms. The predicted octanol–water partition coefficient (Wildman–Crippen LogP) is 7.35. The van der Waals surface area contributed by atoms with E-state index in [0.717, 1.165) is 21.9 Å². The number of benzene rings is 2. The molecular weight excluding hydrogens is 744 g/mol. The van der Waals surface area contributed by atoms with Crippen molar-refractivity contribution in [1.82, 2.24) is 9.80 Å². The Labute approximate surface area is 325 Å². The van der Waals surface area contributed by atoms with Gasteiger partial charge in [-0.15, -0.1) is 13.2 Å². The molecule has 0 saturated carbocycles. The molecule has 12 nitrogen and oxygen atoms in total. The van der Waals surface area contributed by atoms with Gasteiger partial charge in [0.15, 0.2) is 12.2 Å². The second kappa shape index (κ2) is 19.3. The third kappa shape index (κ3) is 16.9. The van der Waals surface area contributed by atoms with Crippen molar-refractivity contribution in [3.63, 3.8) is 0 Å². The Bertz CT molecular complexity index is 1630. The Hall–Kier alpha value is -4.89. The van der Waals surface area contributed by atoms with Crippen LogP contribution in [-0.2, 0) is 51.2 Å². The number of hydrogen-bond acceptors (Lipinski definition) is 10. The van der Waals surface area contributed by atoms with Crippen molar-refractivity contribution >= 4 is 29.9 Å². The molecule has 0 aromatic heterocycles. The first-order valence-corrected chi connectivity index (χ1v) is 17.9. The van der Waals surface area contributed by atoms with Gasteiger partial charge in [-0.1, -0.05) is 63.2 Å². The van der Waals surface area contributed by atoms with E-state index < -0.39 is 95.8 Å². The molecule has 0 spiro atoms. The third-order valence-electron chi connectivity index (χ3n) is 7.95. The van der Waals surface area contributed by atoms with Gasteiger partial charge in [0.1, 0.15) is 35.7 Å². The summed E-state index contributed by atoms with van der Waals surface area (Å²) in [7, 11) is 2.46. The summed E-state index contributed by atoms with van der Waals surface area (Å²) in [6, 6.07) is 10.3. The van der Waals surface area contributed by atoms with Crippen LogP contribution in [0, 0.1) is 5.41 Å². The maximum atomic E-state index is 15.1. The van der Waals surface area contributed by atoms with Crippen LogP contribution in [0.2, 0.25) is 0 Å². The third-order valence-corrected chi connectivity index (χ3v) is 7.95. The number of likely N-dealkylation sites (N-methyl/N-ethyl adjacent to an activating group) is 2. The second-order valence-electron chi connectivity index (χ2n) is 16.3. The molecule has 2 rings (SSSR count). The van der Waals surface area contributed by atoms with E-state index in [1.807, 2.05) is 0 Å². The standard InChI is InChI=1S/C40H54F4N2O10/c1-25(33(48)52-24-27-15-13-12-14-16-27)53-34(49)29(22-37(2,3)4)45(10)32(47)31(21-26-17-19-28(20-18-26)55-40(42,43)44)54-35(50)30(23-39(8,9)41)46(11)36(51)56-38(5,6)7/h12-20,25,29-31H,21-24H2,1-11H3. The van der Waals surface area contributed by atoms with Crippen LogP contribution in [0.5, 0.6) is 5.75 Å². The van der Waals surface area contributed by atoms with E-state index in [0.29, 0.717) is 5.56 Å². The number of carbonyl (C=O) groups is 5. The van der Waals surface area contributed by atoms with Crippen LogP contribution in [-0.4, -0.2) is 95.7 Å². The zero-order valence-corrected chi connectivity index (χ0v) is 33.8. The van der Waals surface area contributed by atoms with Crippen molar-refractivity contribution in [2.45, 2.75) is 130 Å². The van der Waals surface area contributed by atoms with Gasteiger partial charge in [0, 0.05) is 26.9 Å². The molecule has 0 bridgehead atoms. The van der Waals surface area contributed by atoms with Crippen molar-refractivity contribution < 1.29 is 65.2 Å². The molecule has 0 aliphatic carbocycles. The number of ether oxygens (including phenoxy) is 5. The van der Waals surface area contributed by atoms with Gasteiger partial charge in [-0.25, -0.2) is 23.6 Å². The smallest absolute Gasteiger partial charge is 0.458 e. The maximum absolute atomic E-state index is 15.1. The lowest BCUT2D eigenvalue weighted by Crippen LogP contribution is -2.53. The fourth-order valence-electron chi connectivity index (χ4n) is 5.22. The first-order valence-electron chi connectivity index (χ1n) is 17.9. The van der Waals surface area contributed by atoms with Gasteiger partial charge in [-0.3, -0.25) is 9.69 Å². The van der Waals surface area contributed by atoms with Crippen LogP contribution >= 0.6 is 0 Å². The Balaban J connectivity index is 2.49. The zero-order valence-electron chi connectivity index (χ0n) is 33.8. The molecule has 0 aliphatic heterocycles. The SMILES string of the molecule is CC(OC(=O)C(CC(C)(C)C)N(C)C(=O)C(Cc1ccc(OC(F)(F)F)cc1)OC(=O)C(CC(C)(C)F)N(C)C(=O)OC(C)(C)C)C(=O)OCc1ccccc1. The first kappa shape index (κ1) is 47.3. The lowest BCUT2D eigenvalue weighted by molar-refractivity contribution is -0.274. The number of amides is 2. The molecule has 0 heterocycles. The van der Waals surface area contributed by atoms with Gasteiger partial charge in [-0.2, -0.15) is 0 Å². The first-order chi connectivity index (χ1) is 25.5. The van der Waals surface area contributed by atoms with E-state index in [4.69, 9.17) is 18.9 Å². The highest BCUT2D eigenvalue weighted by molar-refractivity contribution is 5.90. The van der Waals surface area contributed by atoms with E-state index in [1.54, 1.807) is 71.9 Å². The molecule has 4 unspecified atom stereocenters. The lowest BCUT2D eigenvalue weighted by atomic mass is 9.87. The van der Waals surface area contributed by atoms with Crippen molar-refractivity contribution in [2.75, 3.05) is 14.1 Å². The van der Waals surface area contributed by atoms with Gasteiger partial charge < -0.3 is 28.6 Å². The molecule has 0 aliphatic rings. The van der Waals surface area contributed by atoms with Crippen LogP contribution in [0.3, 0.4) is 0 Å². The average molecular weight is 799 g/mol. The molecule has 2 aromatic carbocycles. The fraction of sp³-hybridized carbons (Fsp3) is 0.575. The number of rotatable bonds is 16. The Morgan fingerprint density at radius 1 is 0.679 bits per heavy atom. The van der Waals surface area contributed by atoms with E-state index in [-0.39, 0.29) is 18.6 Å². The van der Waals surface area contributed by atoms with E-state index in [9.17, 15) is 37.1 Å². The summed E-state index contributed by atoms with van der Waals surface area (Å²) < 4.78 is 79.4. The molecule has 56 heavy (non-hydrogen) atoms. The highest BCUT2D eigenvalue weighted by Gasteiger charge is 2.41. The molecule has 0 N–H and O–H groups in total. The quantitative estimate of drug-likeness (QED) is 0.0963. The van der Waals surface area contributed by atoms with E-state index in [1.165, 1.54) is 47.0 Å². The topological polar surface area (TPSA) is 138 Å². The zero-order chi connectivity index (χ0) is 42.8. The van der Waals surface area contributed by atoms with Crippen LogP contribution in [0.1, 0.15) is 86.3 Å². The van der Waals surface area contributed by atoms with Crippen LogP contribution in [0.4, 0.5) is 22.4 Å². The summed E-state index contributed by atoms with van der Waals surface area (Å²) in [4.78, 5) is 69.6.